The van der Waals surface area contributed by atoms with Crippen LogP contribution in [0.1, 0.15) is 12.0 Å². The van der Waals surface area contributed by atoms with Gasteiger partial charge in [0.05, 0.1) is 24.5 Å². The maximum atomic E-state index is 12.1. The van der Waals surface area contributed by atoms with Gasteiger partial charge in [-0.15, -0.1) is 0 Å². The lowest BCUT2D eigenvalue weighted by Gasteiger charge is -2.07. The molecule has 5 heteroatoms. The minimum absolute atomic E-state index is 0.0110. The van der Waals surface area contributed by atoms with Crippen LogP contribution in [0.2, 0.25) is 0 Å². The van der Waals surface area contributed by atoms with E-state index in [0.29, 0.717) is 12.8 Å². The number of aryl methyl sites for hydroxylation is 2. The zero-order valence-electron chi connectivity index (χ0n) is 13.2. The number of nitrogens with zero attached hydrogens (tertiary/aromatic N) is 2. The van der Waals surface area contributed by atoms with Crippen molar-refractivity contribution in [2.45, 2.75) is 12.8 Å². The quantitative estimate of drug-likeness (QED) is 0.787. The van der Waals surface area contributed by atoms with Gasteiger partial charge in [0.25, 0.3) is 0 Å². The van der Waals surface area contributed by atoms with E-state index in [2.05, 4.69) is 10.3 Å². The monoisotopic (exact) mass is 309 g/mol. The van der Waals surface area contributed by atoms with Crippen LogP contribution in [0.3, 0.4) is 0 Å². The minimum atomic E-state index is -0.0110. The summed E-state index contributed by atoms with van der Waals surface area (Å²) in [7, 11) is 3.58. The molecule has 0 atom stereocenters. The Morgan fingerprint density at radius 3 is 2.96 bits per heavy atom. The van der Waals surface area contributed by atoms with E-state index in [1.165, 1.54) is 0 Å². The zero-order valence-corrected chi connectivity index (χ0v) is 13.2. The first-order chi connectivity index (χ1) is 11.2. The molecule has 0 bridgehead atoms. The summed E-state index contributed by atoms with van der Waals surface area (Å²) in [5.74, 6) is 0.798. The molecule has 1 N–H and O–H groups in total. The fraction of sp³-hybridized carbons (Fsp3) is 0.222. The van der Waals surface area contributed by atoms with Crippen LogP contribution in [0.15, 0.2) is 48.8 Å². The Hall–Kier alpha value is -2.82. The Balaban J connectivity index is 1.61. The molecule has 5 nitrogen and oxygen atoms in total. The molecular formula is C18H19N3O2. The molecule has 0 radical (unpaired) electrons. The topological polar surface area (TPSA) is 56.1 Å². The maximum Gasteiger partial charge on any atom is 0.224 e. The molecule has 0 saturated heterocycles. The Morgan fingerprint density at radius 2 is 2.13 bits per heavy atom. The average molecular weight is 309 g/mol. The van der Waals surface area contributed by atoms with Gasteiger partial charge < -0.3 is 14.6 Å². The summed E-state index contributed by atoms with van der Waals surface area (Å²) in [6.45, 7) is 0. The van der Waals surface area contributed by atoms with Gasteiger partial charge in [0.1, 0.15) is 5.75 Å². The predicted molar refractivity (Wildman–Crippen MR) is 90.7 cm³/mol. The molecule has 3 rings (SSSR count). The van der Waals surface area contributed by atoms with Gasteiger partial charge in [0, 0.05) is 19.2 Å². The smallest absolute Gasteiger partial charge is 0.224 e. The predicted octanol–water partition coefficient (Wildman–Crippen LogP) is 3.15. The highest BCUT2D eigenvalue weighted by Gasteiger charge is 2.06. The molecule has 0 aliphatic carbocycles. The van der Waals surface area contributed by atoms with Crippen molar-refractivity contribution in [3.8, 4) is 5.75 Å². The second-order valence-corrected chi connectivity index (χ2v) is 5.46. The Kier molecular flexibility index (Phi) is 4.28. The molecule has 1 heterocycles. The fourth-order valence-corrected chi connectivity index (χ4v) is 2.52. The Morgan fingerprint density at radius 1 is 1.26 bits per heavy atom. The number of nitrogens with one attached hydrogen (secondary N) is 1. The van der Waals surface area contributed by atoms with Crippen molar-refractivity contribution in [3.05, 3.63) is 54.4 Å². The molecule has 2 aromatic carbocycles. The number of anilines is 1. The van der Waals surface area contributed by atoms with Crippen LogP contribution in [0, 0.1) is 0 Å². The van der Waals surface area contributed by atoms with Crippen LogP contribution in [-0.2, 0) is 18.3 Å². The molecule has 0 aliphatic heterocycles. The summed E-state index contributed by atoms with van der Waals surface area (Å²) in [6.07, 6.45) is 2.86. The first kappa shape index (κ1) is 15.1. The number of hydrogen-bond acceptors (Lipinski definition) is 3. The van der Waals surface area contributed by atoms with Crippen LogP contribution in [0.25, 0.3) is 11.0 Å². The largest absolute Gasteiger partial charge is 0.497 e. The minimum Gasteiger partial charge on any atom is -0.497 e. The standard InChI is InChI=1S/C18H19N3O2/c1-21-12-19-16-11-14(7-8-17(16)21)20-18(22)9-6-13-4-3-5-15(10-13)23-2/h3-5,7-8,10-12H,6,9H2,1-2H3,(H,20,22). The van der Waals surface area contributed by atoms with Gasteiger partial charge >= 0.3 is 0 Å². The number of benzene rings is 2. The van der Waals surface area contributed by atoms with Gasteiger partial charge in [0.2, 0.25) is 5.91 Å². The average Bonchev–Trinajstić information content (AvgIpc) is 2.94. The second kappa shape index (κ2) is 6.52. The van der Waals surface area contributed by atoms with Gasteiger partial charge in [0.15, 0.2) is 0 Å². The van der Waals surface area contributed by atoms with Crippen molar-refractivity contribution >= 4 is 22.6 Å². The number of carbonyl (C=O) groups excluding carboxylic acids is 1. The Bertz CT molecular complexity index is 839. The summed E-state index contributed by atoms with van der Waals surface area (Å²) in [5.41, 5.74) is 3.77. The van der Waals surface area contributed by atoms with E-state index in [4.69, 9.17) is 4.74 Å². The van der Waals surface area contributed by atoms with Crippen LogP contribution < -0.4 is 10.1 Å². The lowest BCUT2D eigenvalue weighted by molar-refractivity contribution is -0.116. The number of fused-ring (bicyclic) bond motifs is 1. The highest BCUT2D eigenvalue weighted by molar-refractivity contribution is 5.93. The van der Waals surface area contributed by atoms with E-state index in [0.717, 1.165) is 28.0 Å². The number of ether oxygens (including phenoxy) is 1. The zero-order chi connectivity index (χ0) is 16.2. The molecule has 0 spiro atoms. The number of hydrogen-bond donors (Lipinski definition) is 1. The second-order valence-electron chi connectivity index (χ2n) is 5.46. The Labute approximate surface area is 134 Å². The van der Waals surface area contributed by atoms with Crippen LogP contribution in [-0.4, -0.2) is 22.6 Å². The van der Waals surface area contributed by atoms with Gasteiger partial charge in [-0.3, -0.25) is 4.79 Å². The molecule has 0 fully saturated rings. The third kappa shape index (κ3) is 3.51. The van der Waals surface area contributed by atoms with E-state index in [1.807, 2.05) is 54.1 Å². The maximum absolute atomic E-state index is 12.1. The molecule has 0 aliphatic rings. The number of rotatable bonds is 5. The number of carbonyl (C=O) groups is 1. The van der Waals surface area contributed by atoms with Crippen molar-refractivity contribution in [1.29, 1.82) is 0 Å². The van der Waals surface area contributed by atoms with E-state index in [9.17, 15) is 4.79 Å². The first-order valence-electron chi connectivity index (χ1n) is 7.49. The fourth-order valence-electron chi connectivity index (χ4n) is 2.52. The van der Waals surface area contributed by atoms with Gasteiger partial charge in [-0.25, -0.2) is 4.98 Å². The molecule has 3 aromatic rings. The molecule has 0 saturated carbocycles. The van der Waals surface area contributed by atoms with Crippen LogP contribution >= 0.6 is 0 Å². The van der Waals surface area contributed by atoms with E-state index in [-0.39, 0.29) is 5.91 Å². The van der Waals surface area contributed by atoms with Crippen LogP contribution in [0.4, 0.5) is 5.69 Å². The summed E-state index contributed by atoms with van der Waals surface area (Å²) < 4.78 is 7.14. The highest BCUT2D eigenvalue weighted by atomic mass is 16.5. The summed E-state index contributed by atoms with van der Waals surface area (Å²) in [4.78, 5) is 16.4. The highest BCUT2D eigenvalue weighted by Crippen LogP contribution is 2.18. The first-order valence-corrected chi connectivity index (χ1v) is 7.49. The van der Waals surface area contributed by atoms with Crippen molar-refractivity contribution in [1.82, 2.24) is 9.55 Å². The summed E-state index contributed by atoms with van der Waals surface area (Å²) >= 11 is 0. The lowest BCUT2D eigenvalue weighted by atomic mass is 10.1. The third-order valence-corrected chi connectivity index (χ3v) is 3.78. The van der Waals surface area contributed by atoms with Crippen LogP contribution in [0.5, 0.6) is 5.75 Å². The van der Waals surface area contributed by atoms with Crippen molar-refractivity contribution in [3.63, 3.8) is 0 Å². The SMILES string of the molecule is COc1cccc(CCC(=O)Nc2ccc3c(c2)ncn3C)c1. The molecule has 1 amide bonds. The number of methoxy groups -OCH3 is 1. The van der Waals surface area contributed by atoms with E-state index < -0.39 is 0 Å². The molecular weight excluding hydrogens is 290 g/mol. The molecule has 118 valence electrons. The molecule has 23 heavy (non-hydrogen) atoms. The number of amides is 1. The molecule has 0 unspecified atom stereocenters. The normalized spacial score (nSPS) is 10.7. The van der Waals surface area contributed by atoms with Gasteiger partial charge in [-0.1, -0.05) is 12.1 Å². The molecule has 1 aromatic heterocycles. The van der Waals surface area contributed by atoms with E-state index >= 15 is 0 Å². The van der Waals surface area contributed by atoms with Crippen molar-refractivity contribution in [2.75, 3.05) is 12.4 Å². The third-order valence-electron chi connectivity index (χ3n) is 3.78. The van der Waals surface area contributed by atoms with E-state index in [1.54, 1.807) is 13.4 Å². The summed E-state index contributed by atoms with van der Waals surface area (Å²) in [6, 6.07) is 13.5. The van der Waals surface area contributed by atoms with Crippen molar-refractivity contribution < 1.29 is 9.53 Å². The van der Waals surface area contributed by atoms with Gasteiger partial charge in [-0.2, -0.15) is 0 Å². The van der Waals surface area contributed by atoms with Gasteiger partial charge in [-0.05, 0) is 42.3 Å². The van der Waals surface area contributed by atoms with Crippen molar-refractivity contribution in [2.24, 2.45) is 7.05 Å². The number of aromatic nitrogens is 2. The lowest BCUT2D eigenvalue weighted by Crippen LogP contribution is -2.12. The summed E-state index contributed by atoms with van der Waals surface area (Å²) in [5, 5.41) is 2.92. The number of imidazole rings is 1.